The van der Waals surface area contributed by atoms with Crippen LogP contribution in [0.3, 0.4) is 0 Å². The van der Waals surface area contributed by atoms with E-state index in [4.69, 9.17) is 9.84 Å². The van der Waals surface area contributed by atoms with Crippen molar-refractivity contribution in [2.24, 2.45) is 5.10 Å². The summed E-state index contributed by atoms with van der Waals surface area (Å²) in [4.78, 5) is 33.3. The number of carbonyl (C=O) groups is 3. The van der Waals surface area contributed by atoms with E-state index in [-0.39, 0.29) is 29.4 Å². The summed E-state index contributed by atoms with van der Waals surface area (Å²) in [7, 11) is 0. The lowest BCUT2D eigenvalue weighted by Crippen LogP contribution is -2.16. The number of carboxylic acids is 1. The molecule has 0 aliphatic carbocycles. The number of carbonyl (C=O) groups excluding carboxylic acids is 2. The monoisotopic (exact) mass is 334 g/mol. The number of Topliss-reactive ketones (excluding diaryl/α,β-unsaturated/α-hetero) is 1. The lowest BCUT2D eigenvalue weighted by molar-refractivity contribution is -0.138. The highest BCUT2D eigenvalue weighted by Crippen LogP contribution is 2.14. The first-order valence-corrected chi connectivity index (χ1v) is 6.99. The fraction of sp³-hybridized carbons (Fsp3) is 0.250. The van der Waals surface area contributed by atoms with Crippen LogP contribution in [0.15, 0.2) is 41.0 Å². The van der Waals surface area contributed by atoms with Gasteiger partial charge < -0.3 is 14.9 Å². The number of rotatable bonds is 7. The van der Waals surface area contributed by atoms with Crippen LogP contribution >= 0.6 is 0 Å². The molecule has 0 unspecified atom stereocenters. The zero-order chi connectivity index (χ0) is 18.1. The fourth-order valence-electron chi connectivity index (χ4n) is 1.47. The van der Waals surface area contributed by atoms with Gasteiger partial charge in [0.25, 0.3) is 0 Å². The number of ether oxygens (including phenoxy) is 1. The van der Waals surface area contributed by atoms with Crippen LogP contribution in [0.2, 0.25) is 0 Å². The van der Waals surface area contributed by atoms with E-state index >= 15 is 0 Å². The minimum absolute atomic E-state index is 0.0487. The molecule has 128 valence electrons. The third-order valence-corrected chi connectivity index (χ3v) is 2.72. The van der Waals surface area contributed by atoms with Gasteiger partial charge in [0.2, 0.25) is 5.90 Å². The Kier molecular flexibility index (Phi) is 7.15. The summed E-state index contributed by atoms with van der Waals surface area (Å²) in [5, 5.41) is 21.9. The molecule has 1 aromatic rings. The van der Waals surface area contributed by atoms with Gasteiger partial charge >= 0.3 is 11.9 Å². The van der Waals surface area contributed by atoms with Crippen LogP contribution in [0.25, 0.3) is 0 Å². The number of phenolic OH excluding ortho intramolecular Hbond substituents is 1. The molecule has 24 heavy (non-hydrogen) atoms. The van der Waals surface area contributed by atoms with Crippen molar-refractivity contribution in [1.29, 1.82) is 0 Å². The van der Waals surface area contributed by atoms with E-state index in [1.807, 2.05) is 0 Å². The molecule has 1 aromatic carbocycles. The van der Waals surface area contributed by atoms with Crippen LogP contribution in [-0.4, -0.2) is 33.8 Å². The van der Waals surface area contributed by atoms with Gasteiger partial charge in [-0.3, -0.25) is 15.0 Å². The standard InChI is InChI=1S/C16H18N2O6/c1-10(16(22)23)3-8-14(24-15(21)9-11(2)19)18-17-12-4-6-13(20)7-5-12/h3-7,17,20H,8-9H2,1-2H3,(H,22,23). The summed E-state index contributed by atoms with van der Waals surface area (Å²) in [5.41, 5.74) is 3.21. The zero-order valence-corrected chi connectivity index (χ0v) is 13.3. The Labute approximate surface area is 138 Å². The molecule has 0 aliphatic heterocycles. The summed E-state index contributed by atoms with van der Waals surface area (Å²) < 4.78 is 4.98. The Morgan fingerprint density at radius 2 is 1.83 bits per heavy atom. The second-order valence-corrected chi connectivity index (χ2v) is 4.91. The second-order valence-electron chi connectivity index (χ2n) is 4.91. The Balaban J connectivity index is 2.85. The van der Waals surface area contributed by atoms with Crippen molar-refractivity contribution in [1.82, 2.24) is 0 Å². The number of ketones is 1. The topological polar surface area (TPSA) is 125 Å². The molecule has 0 saturated heterocycles. The molecular weight excluding hydrogens is 316 g/mol. The molecule has 8 nitrogen and oxygen atoms in total. The predicted octanol–water partition coefficient (Wildman–Crippen LogP) is 2.06. The van der Waals surface area contributed by atoms with E-state index in [0.29, 0.717) is 5.69 Å². The van der Waals surface area contributed by atoms with Gasteiger partial charge in [0.05, 0.1) is 5.69 Å². The van der Waals surface area contributed by atoms with Gasteiger partial charge in [-0.25, -0.2) is 4.79 Å². The van der Waals surface area contributed by atoms with Gasteiger partial charge in [0, 0.05) is 12.0 Å². The van der Waals surface area contributed by atoms with E-state index in [1.165, 1.54) is 32.1 Å². The fourth-order valence-corrected chi connectivity index (χ4v) is 1.47. The first kappa shape index (κ1) is 18.9. The molecule has 1 rings (SSSR count). The molecule has 0 bridgehead atoms. The van der Waals surface area contributed by atoms with Gasteiger partial charge in [-0.15, -0.1) is 5.10 Å². The molecule has 0 atom stereocenters. The summed E-state index contributed by atoms with van der Waals surface area (Å²) >= 11 is 0. The number of nitrogens with zero attached hydrogens (tertiary/aromatic N) is 1. The number of aromatic hydroxyl groups is 1. The molecule has 0 spiro atoms. The van der Waals surface area contributed by atoms with Crippen LogP contribution in [-0.2, 0) is 19.1 Å². The number of phenols is 1. The Bertz CT molecular complexity index is 676. The lowest BCUT2D eigenvalue weighted by Gasteiger charge is -2.07. The van der Waals surface area contributed by atoms with E-state index in [2.05, 4.69) is 10.5 Å². The van der Waals surface area contributed by atoms with Crippen LogP contribution in [0.5, 0.6) is 5.75 Å². The molecular formula is C16H18N2O6. The van der Waals surface area contributed by atoms with Crippen LogP contribution in [0.4, 0.5) is 5.69 Å². The molecule has 0 heterocycles. The number of esters is 1. The molecule has 0 saturated carbocycles. The molecule has 0 aliphatic rings. The van der Waals surface area contributed by atoms with Crippen molar-refractivity contribution >= 4 is 29.3 Å². The second kappa shape index (κ2) is 9.09. The van der Waals surface area contributed by atoms with Gasteiger partial charge in [0.15, 0.2) is 0 Å². The quantitative estimate of drug-likeness (QED) is 0.132. The van der Waals surface area contributed by atoms with Crippen molar-refractivity contribution in [3.8, 4) is 5.75 Å². The highest BCUT2D eigenvalue weighted by Gasteiger charge is 2.11. The van der Waals surface area contributed by atoms with Gasteiger partial charge in [-0.2, -0.15) is 0 Å². The molecule has 0 amide bonds. The highest BCUT2D eigenvalue weighted by molar-refractivity contribution is 5.99. The summed E-state index contributed by atoms with van der Waals surface area (Å²) in [6.07, 6.45) is 0.882. The molecule has 0 aromatic heterocycles. The number of hydrazone groups is 1. The summed E-state index contributed by atoms with van der Waals surface area (Å²) in [6, 6.07) is 5.97. The van der Waals surface area contributed by atoms with Crippen molar-refractivity contribution < 1.29 is 29.3 Å². The van der Waals surface area contributed by atoms with E-state index < -0.39 is 18.4 Å². The number of carboxylic acid groups (broad SMARTS) is 1. The highest BCUT2D eigenvalue weighted by atomic mass is 16.5. The summed E-state index contributed by atoms with van der Waals surface area (Å²) in [6.45, 7) is 2.64. The number of nitrogens with one attached hydrogen (secondary N) is 1. The Morgan fingerprint density at radius 3 is 2.38 bits per heavy atom. The number of hydrogen-bond donors (Lipinski definition) is 3. The Hall–Kier alpha value is -3.16. The normalized spacial score (nSPS) is 11.8. The number of anilines is 1. The SMILES string of the molecule is CC(=O)CC(=O)OC(CC=C(C)C(=O)O)=NNc1ccc(O)cc1. The van der Waals surface area contributed by atoms with Crippen molar-refractivity contribution in [2.45, 2.75) is 26.7 Å². The molecule has 8 heteroatoms. The van der Waals surface area contributed by atoms with Gasteiger partial charge in [-0.1, -0.05) is 6.08 Å². The van der Waals surface area contributed by atoms with Gasteiger partial charge in [0.1, 0.15) is 18.0 Å². The number of hydrogen-bond acceptors (Lipinski definition) is 7. The van der Waals surface area contributed by atoms with E-state index in [0.717, 1.165) is 0 Å². The summed E-state index contributed by atoms with van der Waals surface area (Å²) in [5.74, 6) is -2.25. The third-order valence-electron chi connectivity index (χ3n) is 2.72. The van der Waals surface area contributed by atoms with Crippen molar-refractivity contribution in [3.05, 3.63) is 35.9 Å². The smallest absolute Gasteiger partial charge is 0.330 e. The Morgan fingerprint density at radius 1 is 1.21 bits per heavy atom. The maximum atomic E-state index is 11.6. The first-order chi connectivity index (χ1) is 11.3. The zero-order valence-electron chi connectivity index (χ0n) is 13.3. The average Bonchev–Trinajstić information content (AvgIpc) is 2.50. The van der Waals surface area contributed by atoms with E-state index in [1.54, 1.807) is 12.1 Å². The van der Waals surface area contributed by atoms with E-state index in [9.17, 15) is 19.5 Å². The maximum Gasteiger partial charge on any atom is 0.330 e. The lowest BCUT2D eigenvalue weighted by atomic mass is 10.2. The molecule has 0 fully saturated rings. The minimum Gasteiger partial charge on any atom is -0.508 e. The minimum atomic E-state index is -1.10. The molecule has 3 N–H and O–H groups in total. The van der Waals surface area contributed by atoms with Crippen LogP contribution in [0.1, 0.15) is 26.7 Å². The molecule has 0 radical (unpaired) electrons. The average molecular weight is 334 g/mol. The van der Waals surface area contributed by atoms with Crippen LogP contribution in [0, 0.1) is 0 Å². The van der Waals surface area contributed by atoms with Gasteiger partial charge in [-0.05, 0) is 38.1 Å². The largest absolute Gasteiger partial charge is 0.508 e. The van der Waals surface area contributed by atoms with Crippen molar-refractivity contribution in [3.63, 3.8) is 0 Å². The van der Waals surface area contributed by atoms with Crippen LogP contribution < -0.4 is 5.43 Å². The third kappa shape index (κ3) is 7.21. The number of benzene rings is 1. The number of aliphatic carboxylic acids is 1. The predicted molar refractivity (Wildman–Crippen MR) is 86.6 cm³/mol. The van der Waals surface area contributed by atoms with Crippen molar-refractivity contribution in [2.75, 3.05) is 5.43 Å². The first-order valence-electron chi connectivity index (χ1n) is 6.99. The maximum absolute atomic E-state index is 11.6.